The zero-order chi connectivity index (χ0) is 18.9. The minimum atomic E-state index is -0.341. The second-order valence-corrected chi connectivity index (χ2v) is 6.13. The lowest BCUT2D eigenvalue weighted by Gasteiger charge is -2.34. The molecule has 7 heteroatoms. The van der Waals surface area contributed by atoms with Crippen LogP contribution in [0.3, 0.4) is 0 Å². The zero-order valence-electron chi connectivity index (χ0n) is 15.0. The minimum Gasteiger partial charge on any atom is -0.395 e. The van der Waals surface area contributed by atoms with E-state index in [-0.39, 0.29) is 24.0 Å². The van der Waals surface area contributed by atoms with Gasteiger partial charge >= 0.3 is 0 Å². The number of piperazine rings is 1. The number of nitrogens with zero attached hydrogens (tertiary/aromatic N) is 4. The van der Waals surface area contributed by atoms with E-state index < -0.39 is 0 Å². The lowest BCUT2D eigenvalue weighted by Crippen LogP contribution is -2.50. The van der Waals surface area contributed by atoms with Crippen molar-refractivity contribution in [3.05, 3.63) is 47.7 Å². The number of nitriles is 1. The Bertz CT molecular complexity index is 688. The van der Waals surface area contributed by atoms with Gasteiger partial charge in [0.25, 0.3) is 5.91 Å². The molecule has 1 aliphatic rings. The van der Waals surface area contributed by atoms with Crippen LogP contribution in [0.15, 0.2) is 42.1 Å². The third kappa shape index (κ3) is 5.33. The summed E-state index contributed by atoms with van der Waals surface area (Å²) >= 11 is 0. The highest BCUT2D eigenvalue weighted by Crippen LogP contribution is 2.11. The molecule has 0 bridgehead atoms. The summed E-state index contributed by atoms with van der Waals surface area (Å²) in [5.74, 6) is -0.350. The maximum atomic E-state index is 12.6. The molecule has 0 aromatic heterocycles. The lowest BCUT2D eigenvalue weighted by atomic mass is 10.2. The van der Waals surface area contributed by atoms with Crippen LogP contribution in [0.5, 0.6) is 0 Å². The molecule has 26 heavy (non-hydrogen) atoms. The average Bonchev–Trinajstić information content (AvgIpc) is 2.66. The molecular formula is C19H24N4O3. The van der Waals surface area contributed by atoms with E-state index >= 15 is 0 Å². The van der Waals surface area contributed by atoms with Gasteiger partial charge in [0.2, 0.25) is 5.91 Å². The molecule has 0 atom stereocenters. The Hall–Kier alpha value is -2.85. The summed E-state index contributed by atoms with van der Waals surface area (Å²) in [5.41, 5.74) is 1.06. The molecule has 1 fully saturated rings. The Kier molecular flexibility index (Phi) is 7.18. The Balaban J connectivity index is 2.07. The number of carbonyl (C=O) groups excluding carboxylic acids is 2. The highest BCUT2D eigenvalue weighted by molar-refractivity contribution is 5.97. The summed E-state index contributed by atoms with van der Waals surface area (Å²) in [6.45, 7) is 4.03. The predicted molar refractivity (Wildman–Crippen MR) is 96.5 cm³/mol. The van der Waals surface area contributed by atoms with Crippen LogP contribution in [0.4, 0.5) is 0 Å². The molecule has 0 spiro atoms. The maximum absolute atomic E-state index is 12.6. The van der Waals surface area contributed by atoms with Gasteiger partial charge in [-0.2, -0.15) is 5.26 Å². The maximum Gasteiger partial charge on any atom is 0.266 e. The quantitative estimate of drug-likeness (QED) is 0.595. The van der Waals surface area contributed by atoms with Gasteiger partial charge in [0.05, 0.1) is 6.61 Å². The fourth-order valence-electron chi connectivity index (χ4n) is 2.84. The minimum absolute atomic E-state index is 0.00914. The highest BCUT2D eigenvalue weighted by atomic mass is 16.3. The fraction of sp³-hybridized carbons (Fsp3) is 0.421. The Labute approximate surface area is 153 Å². The first-order chi connectivity index (χ1) is 12.5. The summed E-state index contributed by atoms with van der Waals surface area (Å²) in [7, 11) is 0. The van der Waals surface area contributed by atoms with Crippen LogP contribution >= 0.6 is 0 Å². The first-order valence-electron chi connectivity index (χ1n) is 8.60. The second-order valence-electron chi connectivity index (χ2n) is 6.13. The molecule has 1 heterocycles. The van der Waals surface area contributed by atoms with Crippen molar-refractivity contribution < 1.29 is 14.7 Å². The van der Waals surface area contributed by atoms with E-state index in [1.165, 1.54) is 13.1 Å². The predicted octanol–water partition coefficient (Wildman–Crippen LogP) is 0.579. The van der Waals surface area contributed by atoms with Gasteiger partial charge in [-0.1, -0.05) is 30.3 Å². The van der Waals surface area contributed by atoms with Gasteiger partial charge in [-0.25, -0.2) is 0 Å². The molecule has 1 N–H and O–H groups in total. The Morgan fingerprint density at radius 3 is 2.35 bits per heavy atom. The molecule has 1 aromatic rings. The average molecular weight is 356 g/mol. The van der Waals surface area contributed by atoms with Crippen molar-refractivity contribution in [2.45, 2.75) is 13.5 Å². The molecule has 0 radical (unpaired) electrons. The number of aliphatic hydroxyl groups excluding tert-OH is 1. The number of carbonyl (C=O) groups is 2. The third-order valence-electron chi connectivity index (χ3n) is 4.29. The number of rotatable bonds is 6. The van der Waals surface area contributed by atoms with Gasteiger partial charge in [0.15, 0.2) is 0 Å². The molecule has 0 saturated carbocycles. The summed E-state index contributed by atoms with van der Waals surface area (Å²) in [5, 5.41) is 18.7. The van der Waals surface area contributed by atoms with Gasteiger partial charge in [0, 0.05) is 52.4 Å². The molecule has 1 saturated heterocycles. The largest absolute Gasteiger partial charge is 0.395 e. The van der Waals surface area contributed by atoms with Crippen molar-refractivity contribution in [2.24, 2.45) is 0 Å². The number of amides is 2. The van der Waals surface area contributed by atoms with Crippen LogP contribution in [0.2, 0.25) is 0 Å². The van der Waals surface area contributed by atoms with Crippen molar-refractivity contribution in [1.29, 1.82) is 5.26 Å². The number of hydrogen-bond donors (Lipinski definition) is 1. The molecular weight excluding hydrogens is 332 g/mol. The molecule has 7 nitrogen and oxygen atoms in total. The SMILES string of the molecule is CC(=O)N1CCN(C(=O)/C(C#N)=C\N(CCO)Cc2ccccc2)CC1. The van der Waals surface area contributed by atoms with Gasteiger partial charge in [0.1, 0.15) is 11.6 Å². The van der Waals surface area contributed by atoms with E-state index in [1.54, 1.807) is 14.7 Å². The van der Waals surface area contributed by atoms with Crippen LogP contribution in [0.1, 0.15) is 12.5 Å². The normalized spacial score (nSPS) is 14.7. The lowest BCUT2D eigenvalue weighted by molar-refractivity contribution is -0.136. The van der Waals surface area contributed by atoms with Crippen molar-refractivity contribution in [2.75, 3.05) is 39.3 Å². The highest BCUT2D eigenvalue weighted by Gasteiger charge is 2.25. The smallest absolute Gasteiger partial charge is 0.266 e. The van der Waals surface area contributed by atoms with E-state index in [0.717, 1.165) is 5.56 Å². The third-order valence-corrected chi connectivity index (χ3v) is 4.29. The zero-order valence-corrected chi connectivity index (χ0v) is 15.0. The standard InChI is InChI=1S/C19H24N4O3/c1-16(25)22-7-9-23(10-8-22)19(26)18(13-20)15-21(11-12-24)14-17-5-3-2-4-6-17/h2-6,15,24H,7-12,14H2,1H3/b18-15-. The molecule has 1 aromatic carbocycles. The van der Waals surface area contributed by atoms with Crippen molar-refractivity contribution in [1.82, 2.24) is 14.7 Å². The summed E-state index contributed by atoms with van der Waals surface area (Å²) in [4.78, 5) is 29.1. The van der Waals surface area contributed by atoms with Crippen LogP contribution in [0.25, 0.3) is 0 Å². The van der Waals surface area contributed by atoms with Gasteiger partial charge in [-0.3, -0.25) is 9.59 Å². The number of hydrogen-bond acceptors (Lipinski definition) is 5. The molecule has 2 amide bonds. The van der Waals surface area contributed by atoms with Crippen molar-refractivity contribution in [3.63, 3.8) is 0 Å². The fourth-order valence-corrected chi connectivity index (χ4v) is 2.84. The van der Waals surface area contributed by atoms with Crippen molar-refractivity contribution in [3.8, 4) is 6.07 Å². The van der Waals surface area contributed by atoms with Gasteiger partial charge in [-0.05, 0) is 5.56 Å². The van der Waals surface area contributed by atoms with Crippen LogP contribution in [0, 0.1) is 11.3 Å². The molecule has 0 unspecified atom stereocenters. The summed E-state index contributed by atoms with van der Waals surface area (Å²) in [6, 6.07) is 11.6. The van der Waals surface area contributed by atoms with E-state index in [4.69, 9.17) is 0 Å². The summed E-state index contributed by atoms with van der Waals surface area (Å²) < 4.78 is 0. The van der Waals surface area contributed by atoms with E-state index in [9.17, 15) is 20.0 Å². The number of benzene rings is 1. The molecule has 1 aliphatic heterocycles. The van der Waals surface area contributed by atoms with Gasteiger partial charge < -0.3 is 19.8 Å². The van der Waals surface area contributed by atoms with E-state index in [1.807, 2.05) is 36.4 Å². The van der Waals surface area contributed by atoms with Crippen LogP contribution < -0.4 is 0 Å². The second kappa shape index (κ2) is 9.59. The van der Waals surface area contributed by atoms with Crippen molar-refractivity contribution >= 4 is 11.8 Å². The van der Waals surface area contributed by atoms with Crippen LogP contribution in [-0.2, 0) is 16.1 Å². The Morgan fingerprint density at radius 1 is 1.19 bits per heavy atom. The molecule has 138 valence electrons. The van der Waals surface area contributed by atoms with Gasteiger partial charge in [-0.15, -0.1) is 0 Å². The Morgan fingerprint density at radius 2 is 1.81 bits per heavy atom. The monoisotopic (exact) mass is 356 g/mol. The topological polar surface area (TPSA) is 87.9 Å². The van der Waals surface area contributed by atoms with E-state index in [0.29, 0.717) is 39.3 Å². The first-order valence-corrected chi connectivity index (χ1v) is 8.60. The van der Waals surface area contributed by atoms with E-state index in [2.05, 4.69) is 0 Å². The first kappa shape index (κ1) is 19.5. The van der Waals surface area contributed by atoms with Crippen LogP contribution in [-0.4, -0.2) is 71.0 Å². The molecule has 2 rings (SSSR count). The number of aliphatic hydroxyl groups is 1. The molecule has 0 aliphatic carbocycles. The summed E-state index contributed by atoms with van der Waals surface area (Å²) in [6.07, 6.45) is 1.52.